The summed E-state index contributed by atoms with van der Waals surface area (Å²) in [7, 11) is -7.48. The summed E-state index contributed by atoms with van der Waals surface area (Å²) in [6.07, 6.45) is 1.31. The van der Waals surface area contributed by atoms with Gasteiger partial charge in [-0.25, -0.2) is 16.8 Å². The Kier molecular flexibility index (Phi) is 6.38. The van der Waals surface area contributed by atoms with Crippen LogP contribution in [0.5, 0.6) is 0 Å². The van der Waals surface area contributed by atoms with E-state index >= 15 is 0 Å². The summed E-state index contributed by atoms with van der Waals surface area (Å²) < 4.78 is 55.5. The first-order chi connectivity index (χ1) is 15.5. The molecule has 8 nitrogen and oxygen atoms in total. The minimum Gasteiger partial charge on any atom is -0.312 e. The zero-order chi connectivity index (χ0) is 24.0. The molecule has 0 N–H and O–H groups in total. The number of carbonyl (C=O) groups excluding carboxylic acids is 1. The van der Waals surface area contributed by atoms with E-state index in [4.69, 9.17) is 0 Å². The van der Waals surface area contributed by atoms with Crippen LogP contribution in [-0.4, -0.2) is 64.1 Å². The summed E-state index contributed by atoms with van der Waals surface area (Å²) in [6, 6.07) is 10.2. The van der Waals surface area contributed by atoms with Crippen molar-refractivity contribution in [3.05, 3.63) is 53.1 Å². The predicted octanol–water partition coefficient (Wildman–Crippen LogP) is 2.43. The van der Waals surface area contributed by atoms with Crippen molar-refractivity contribution in [2.75, 3.05) is 37.6 Å². The summed E-state index contributed by atoms with van der Waals surface area (Å²) >= 11 is 0. The van der Waals surface area contributed by atoms with Crippen molar-refractivity contribution in [2.45, 2.75) is 43.4 Å². The zero-order valence-corrected chi connectivity index (χ0v) is 20.7. The first kappa shape index (κ1) is 23.9. The molecule has 2 heterocycles. The average Bonchev–Trinajstić information content (AvgIpc) is 3.19. The minimum absolute atomic E-state index is 0.0474. The highest BCUT2D eigenvalue weighted by atomic mass is 32.2. The molecule has 4 rings (SSSR count). The molecule has 33 heavy (non-hydrogen) atoms. The smallest absolute Gasteiger partial charge is 0.243 e. The van der Waals surface area contributed by atoms with Crippen molar-refractivity contribution in [3.8, 4) is 0 Å². The van der Waals surface area contributed by atoms with Gasteiger partial charge in [-0.15, -0.1) is 0 Å². The van der Waals surface area contributed by atoms with Crippen LogP contribution in [0.1, 0.15) is 29.5 Å². The van der Waals surface area contributed by atoms with Gasteiger partial charge in [-0.3, -0.25) is 4.79 Å². The third-order valence-electron chi connectivity index (χ3n) is 6.31. The lowest BCUT2D eigenvalue weighted by molar-refractivity contribution is -0.117. The largest absolute Gasteiger partial charge is 0.312 e. The Hall–Kier alpha value is -2.27. The summed E-state index contributed by atoms with van der Waals surface area (Å²) in [5.74, 6) is 0.0474. The Bertz CT molecular complexity index is 1300. The summed E-state index contributed by atoms with van der Waals surface area (Å²) in [5.41, 5.74) is 2.94. The van der Waals surface area contributed by atoms with Gasteiger partial charge in [-0.2, -0.15) is 8.61 Å². The van der Waals surface area contributed by atoms with E-state index in [9.17, 15) is 21.6 Å². The number of benzene rings is 2. The number of hydrogen-bond acceptors (Lipinski definition) is 5. The van der Waals surface area contributed by atoms with E-state index in [-0.39, 0.29) is 41.9 Å². The maximum absolute atomic E-state index is 13.3. The van der Waals surface area contributed by atoms with Crippen LogP contribution in [0.4, 0.5) is 5.69 Å². The van der Waals surface area contributed by atoms with E-state index in [1.54, 1.807) is 49.1 Å². The quantitative estimate of drug-likeness (QED) is 0.640. The van der Waals surface area contributed by atoms with E-state index in [0.29, 0.717) is 29.8 Å². The fourth-order valence-electron chi connectivity index (χ4n) is 4.53. The van der Waals surface area contributed by atoms with Crippen LogP contribution in [0.2, 0.25) is 0 Å². The molecule has 2 fully saturated rings. The molecule has 1 amide bonds. The van der Waals surface area contributed by atoms with Gasteiger partial charge in [0.1, 0.15) is 0 Å². The third-order valence-corrected chi connectivity index (χ3v) is 10.4. The second-order valence-electron chi connectivity index (χ2n) is 8.68. The van der Waals surface area contributed by atoms with Gasteiger partial charge in [-0.1, -0.05) is 17.7 Å². The van der Waals surface area contributed by atoms with Gasteiger partial charge < -0.3 is 4.90 Å². The van der Waals surface area contributed by atoms with Crippen LogP contribution in [0.25, 0.3) is 0 Å². The van der Waals surface area contributed by atoms with Crippen molar-refractivity contribution < 1.29 is 21.6 Å². The molecule has 2 saturated heterocycles. The highest BCUT2D eigenvalue weighted by Crippen LogP contribution is 2.29. The number of anilines is 1. The number of carbonyl (C=O) groups is 1. The van der Waals surface area contributed by atoms with Crippen molar-refractivity contribution in [2.24, 2.45) is 0 Å². The lowest BCUT2D eigenvalue weighted by atomic mass is 10.2. The molecule has 2 aliphatic heterocycles. The van der Waals surface area contributed by atoms with Crippen LogP contribution < -0.4 is 4.90 Å². The van der Waals surface area contributed by atoms with Crippen molar-refractivity contribution in [1.82, 2.24) is 8.61 Å². The van der Waals surface area contributed by atoms with E-state index in [1.165, 1.54) is 8.61 Å². The Morgan fingerprint density at radius 3 is 1.67 bits per heavy atom. The monoisotopic (exact) mass is 491 g/mol. The molecular formula is C23H29N3O5S2. The van der Waals surface area contributed by atoms with Crippen molar-refractivity contribution >= 4 is 31.6 Å². The molecule has 10 heteroatoms. The molecule has 2 aliphatic rings. The number of amides is 1. The summed E-state index contributed by atoms with van der Waals surface area (Å²) in [5, 5.41) is 0. The number of aryl methyl sites for hydroxylation is 3. The second kappa shape index (κ2) is 8.83. The molecule has 0 aliphatic carbocycles. The Balaban J connectivity index is 1.51. The van der Waals surface area contributed by atoms with Gasteiger partial charge in [0.05, 0.1) is 9.79 Å². The number of hydrogen-bond donors (Lipinski definition) is 0. The van der Waals surface area contributed by atoms with Crippen LogP contribution in [0.3, 0.4) is 0 Å². The molecule has 0 aromatic heterocycles. The van der Waals surface area contributed by atoms with Gasteiger partial charge in [0.25, 0.3) is 0 Å². The lowest BCUT2D eigenvalue weighted by Crippen LogP contribution is -2.50. The fraction of sp³-hybridized carbons (Fsp3) is 0.435. The van der Waals surface area contributed by atoms with Crippen LogP contribution in [0.15, 0.2) is 46.2 Å². The second-order valence-corrected chi connectivity index (χ2v) is 12.5. The van der Waals surface area contributed by atoms with E-state index in [1.807, 2.05) is 13.0 Å². The third kappa shape index (κ3) is 4.44. The minimum atomic E-state index is -3.79. The SMILES string of the molecule is Cc1ccc(S(=O)(=O)N2CCN(S(=O)(=O)c3ccc(N4CCCC4=O)cc3C)CC2)c(C)c1. The zero-order valence-electron chi connectivity index (χ0n) is 19.1. The van der Waals surface area contributed by atoms with E-state index < -0.39 is 20.0 Å². The van der Waals surface area contributed by atoms with Gasteiger partial charge >= 0.3 is 0 Å². The average molecular weight is 492 g/mol. The summed E-state index contributed by atoms with van der Waals surface area (Å²) in [4.78, 5) is 14.1. The molecule has 2 aromatic rings. The Morgan fingerprint density at radius 1 is 0.697 bits per heavy atom. The Morgan fingerprint density at radius 2 is 1.21 bits per heavy atom. The predicted molar refractivity (Wildman–Crippen MR) is 126 cm³/mol. The van der Waals surface area contributed by atoms with Crippen molar-refractivity contribution in [1.29, 1.82) is 0 Å². The van der Waals surface area contributed by atoms with Crippen LogP contribution >= 0.6 is 0 Å². The number of piperazine rings is 1. The van der Waals surface area contributed by atoms with E-state index in [2.05, 4.69) is 0 Å². The van der Waals surface area contributed by atoms with Gasteiger partial charge in [0.2, 0.25) is 26.0 Å². The molecular weight excluding hydrogens is 462 g/mol. The fourth-order valence-corrected chi connectivity index (χ4v) is 7.79. The highest BCUT2D eigenvalue weighted by Gasteiger charge is 2.35. The first-order valence-electron chi connectivity index (χ1n) is 11.0. The standard InChI is InChI=1S/C23H29N3O5S2/c1-17-6-8-21(18(2)15-17)32(28,29)24-11-13-25(14-12-24)33(30,31)22-9-7-20(16-19(22)3)26-10-4-5-23(26)27/h6-9,15-16H,4-5,10-14H2,1-3H3. The maximum Gasteiger partial charge on any atom is 0.243 e. The first-order valence-corrected chi connectivity index (χ1v) is 13.9. The van der Waals surface area contributed by atoms with E-state index in [0.717, 1.165) is 12.0 Å². The normalized spacial score (nSPS) is 18.8. The van der Waals surface area contributed by atoms with Gasteiger partial charge in [-0.05, 0) is 62.6 Å². The lowest BCUT2D eigenvalue weighted by Gasteiger charge is -2.34. The molecule has 0 spiro atoms. The molecule has 0 bridgehead atoms. The number of sulfonamides is 2. The summed E-state index contributed by atoms with van der Waals surface area (Å²) in [6.45, 7) is 6.38. The van der Waals surface area contributed by atoms with Crippen LogP contribution in [0, 0.1) is 20.8 Å². The molecule has 0 radical (unpaired) electrons. The van der Waals surface area contributed by atoms with Gasteiger partial charge in [0, 0.05) is 44.8 Å². The highest BCUT2D eigenvalue weighted by molar-refractivity contribution is 7.89. The number of nitrogens with zero attached hydrogens (tertiary/aromatic N) is 3. The molecule has 2 aromatic carbocycles. The van der Waals surface area contributed by atoms with Crippen molar-refractivity contribution in [3.63, 3.8) is 0 Å². The topological polar surface area (TPSA) is 95.1 Å². The molecule has 0 saturated carbocycles. The van der Waals surface area contributed by atoms with Crippen LogP contribution in [-0.2, 0) is 24.8 Å². The number of rotatable bonds is 5. The molecule has 0 atom stereocenters. The Labute approximate surface area is 195 Å². The molecule has 178 valence electrons. The molecule has 0 unspecified atom stereocenters. The van der Waals surface area contributed by atoms with Gasteiger partial charge in [0.15, 0.2) is 0 Å². The maximum atomic E-state index is 13.3.